The Bertz CT molecular complexity index is 1190. The van der Waals surface area contributed by atoms with E-state index in [2.05, 4.69) is 25.9 Å². The summed E-state index contributed by atoms with van der Waals surface area (Å²) in [5.41, 5.74) is -0.193. The third kappa shape index (κ3) is 5.52. The van der Waals surface area contributed by atoms with Gasteiger partial charge >= 0.3 is 5.69 Å². The van der Waals surface area contributed by atoms with Crippen molar-refractivity contribution >= 4 is 17.5 Å². The third-order valence-electron chi connectivity index (χ3n) is 6.19. The van der Waals surface area contributed by atoms with E-state index >= 15 is 0 Å². The number of fused-ring (bicyclic) bond motifs is 1. The highest BCUT2D eigenvalue weighted by Gasteiger charge is 2.38. The van der Waals surface area contributed by atoms with Crippen molar-refractivity contribution in [2.24, 2.45) is 0 Å². The molecule has 0 aliphatic heterocycles. The topological polar surface area (TPSA) is 136 Å². The predicted octanol–water partition coefficient (Wildman–Crippen LogP) is 1.70. The molecule has 1 aliphatic carbocycles. The number of rotatable bonds is 9. The number of aromatic nitrogens is 5. The summed E-state index contributed by atoms with van der Waals surface area (Å²) in [5, 5.41) is 14.3. The first-order valence-corrected chi connectivity index (χ1v) is 11.9. The molecule has 11 heteroatoms. The van der Waals surface area contributed by atoms with E-state index in [1.54, 1.807) is 18.3 Å². The molecule has 34 heavy (non-hydrogen) atoms. The fourth-order valence-electron chi connectivity index (χ4n) is 4.50. The lowest BCUT2D eigenvalue weighted by Crippen LogP contribution is -2.45. The van der Waals surface area contributed by atoms with Gasteiger partial charge in [0.05, 0.1) is 0 Å². The molecule has 2 amide bonds. The average molecular weight is 470 g/mol. The zero-order chi connectivity index (χ0) is 24.0. The molecule has 0 aromatic carbocycles. The second-order valence-corrected chi connectivity index (χ2v) is 8.83. The normalized spacial score (nSPS) is 15.7. The summed E-state index contributed by atoms with van der Waals surface area (Å²) >= 11 is 0. The Balaban J connectivity index is 1.25. The Morgan fingerprint density at radius 3 is 2.71 bits per heavy atom. The third-order valence-corrected chi connectivity index (χ3v) is 6.19. The van der Waals surface area contributed by atoms with Crippen molar-refractivity contribution in [3.8, 4) is 0 Å². The van der Waals surface area contributed by atoms with Crippen molar-refractivity contribution in [2.45, 2.75) is 76.8 Å². The monoisotopic (exact) mass is 469 g/mol. The molecular formula is C23H31N7O4. The van der Waals surface area contributed by atoms with Crippen molar-refractivity contribution in [1.29, 1.82) is 0 Å². The van der Waals surface area contributed by atoms with Gasteiger partial charge in [-0.05, 0) is 31.4 Å². The van der Waals surface area contributed by atoms with Crippen LogP contribution < -0.4 is 16.3 Å². The van der Waals surface area contributed by atoms with Crippen molar-refractivity contribution in [1.82, 2.24) is 35.0 Å². The van der Waals surface area contributed by atoms with E-state index in [0.29, 0.717) is 43.3 Å². The van der Waals surface area contributed by atoms with Gasteiger partial charge in [0.25, 0.3) is 0 Å². The quantitative estimate of drug-likeness (QED) is 0.359. The fraction of sp³-hybridized carbons (Fsp3) is 0.565. The molecule has 1 fully saturated rings. The molecule has 0 bridgehead atoms. The second kappa shape index (κ2) is 10.6. The van der Waals surface area contributed by atoms with Crippen LogP contribution in [0.5, 0.6) is 0 Å². The van der Waals surface area contributed by atoms with Gasteiger partial charge < -0.3 is 15.2 Å². The number of carbonyl (C=O) groups is 2. The van der Waals surface area contributed by atoms with Crippen molar-refractivity contribution in [2.75, 3.05) is 6.54 Å². The van der Waals surface area contributed by atoms with Gasteiger partial charge in [-0.2, -0.15) is 4.98 Å². The van der Waals surface area contributed by atoms with E-state index in [1.807, 2.05) is 6.07 Å². The van der Waals surface area contributed by atoms with E-state index in [4.69, 9.17) is 4.52 Å². The molecule has 3 aromatic rings. The number of carbonyl (C=O) groups excluding carboxylic acids is 2. The van der Waals surface area contributed by atoms with Gasteiger partial charge in [-0.15, -0.1) is 5.10 Å². The standard InChI is InChI=1S/C23H31N7O4/c1-17(31)26-23(12-5-2-3-6-13-23)21-25-20(34-28-21)11-10-19(32)24-14-8-16-30-22(33)29-15-7-4-9-18(29)27-30/h4,7,9,15H,2-3,5-6,8,10-14,16H2,1H3,(H,24,32)(H,26,31). The van der Waals surface area contributed by atoms with Crippen LogP contribution in [-0.2, 0) is 28.1 Å². The lowest BCUT2D eigenvalue weighted by atomic mass is 9.89. The predicted molar refractivity (Wildman–Crippen MR) is 123 cm³/mol. The molecule has 182 valence electrons. The van der Waals surface area contributed by atoms with Crippen LogP contribution >= 0.6 is 0 Å². The second-order valence-electron chi connectivity index (χ2n) is 8.83. The van der Waals surface area contributed by atoms with Gasteiger partial charge in [-0.3, -0.25) is 14.0 Å². The molecule has 3 aromatic heterocycles. The summed E-state index contributed by atoms with van der Waals surface area (Å²) in [5.74, 6) is 0.639. The molecule has 0 atom stereocenters. The van der Waals surface area contributed by atoms with Crippen LogP contribution in [0.25, 0.3) is 5.65 Å². The molecule has 2 N–H and O–H groups in total. The largest absolute Gasteiger partial charge is 0.356 e. The minimum atomic E-state index is -0.595. The molecule has 1 saturated carbocycles. The SMILES string of the molecule is CC(=O)NC1(c2noc(CCC(=O)NCCCn3nc4ccccn4c3=O)n2)CCCCCC1. The molecule has 4 rings (SSSR count). The number of aryl methyl sites for hydroxylation is 2. The summed E-state index contributed by atoms with van der Waals surface area (Å²) in [7, 11) is 0. The summed E-state index contributed by atoms with van der Waals surface area (Å²) in [4.78, 5) is 40.9. The van der Waals surface area contributed by atoms with Crippen molar-refractivity contribution in [3.63, 3.8) is 0 Å². The van der Waals surface area contributed by atoms with Crippen LogP contribution in [0.4, 0.5) is 0 Å². The smallest absolute Gasteiger partial charge is 0.350 e. The van der Waals surface area contributed by atoms with Gasteiger partial charge in [-0.25, -0.2) is 9.48 Å². The summed E-state index contributed by atoms with van der Waals surface area (Å²) in [6, 6.07) is 5.38. The summed E-state index contributed by atoms with van der Waals surface area (Å²) in [6.07, 6.45) is 8.59. The molecule has 3 heterocycles. The van der Waals surface area contributed by atoms with E-state index in [0.717, 1.165) is 38.5 Å². The first-order valence-electron chi connectivity index (χ1n) is 11.9. The van der Waals surface area contributed by atoms with Gasteiger partial charge in [0.1, 0.15) is 5.54 Å². The lowest BCUT2D eigenvalue weighted by Gasteiger charge is -2.30. The minimum absolute atomic E-state index is 0.112. The molecule has 11 nitrogen and oxygen atoms in total. The van der Waals surface area contributed by atoms with Gasteiger partial charge in [0.2, 0.25) is 17.7 Å². The zero-order valence-electron chi connectivity index (χ0n) is 19.5. The Hall–Kier alpha value is -3.50. The summed E-state index contributed by atoms with van der Waals surface area (Å²) < 4.78 is 8.29. The first-order chi connectivity index (χ1) is 16.5. The molecule has 0 radical (unpaired) electrons. The number of hydrogen-bond acceptors (Lipinski definition) is 7. The number of amides is 2. The van der Waals surface area contributed by atoms with Crippen LogP contribution in [-0.4, -0.2) is 42.7 Å². The Kier molecular flexibility index (Phi) is 7.39. The maximum Gasteiger partial charge on any atom is 0.350 e. The Labute approximate surface area is 196 Å². The van der Waals surface area contributed by atoms with E-state index in [-0.39, 0.29) is 23.9 Å². The van der Waals surface area contributed by atoms with Crippen LogP contribution in [0.2, 0.25) is 0 Å². The van der Waals surface area contributed by atoms with Crippen LogP contribution in [0.15, 0.2) is 33.7 Å². The van der Waals surface area contributed by atoms with Crippen molar-refractivity contribution < 1.29 is 14.1 Å². The van der Waals surface area contributed by atoms with Gasteiger partial charge in [0, 0.05) is 39.1 Å². The average Bonchev–Trinajstić information content (AvgIpc) is 3.34. The van der Waals surface area contributed by atoms with Crippen LogP contribution in [0.1, 0.15) is 70.0 Å². The van der Waals surface area contributed by atoms with Gasteiger partial charge in [0.15, 0.2) is 11.5 Å². The maximum absolute atomic E-state index is 12.3. The van der Waals surface area contributed by atoms with Crippen LogP contribution in [0.3, 0.4) is 0 Å². The first kappa shape index (κ1) is 23.7. The maximum atomic E-state index is 12.3. The highest BCUT2D eigenvalue weighted by atomic mass is 16.5. The van der Waals surface area contributed by atoms with E-state index in [9.17, 15) is 14.4 Å². The van der Waals surface area contributed by atoms with Crippen LogP contribution in [0, 0.1) is 0 Å². The van der Waals surface area contributed by atoms with E-state index in [1.165, 1.54) is 16.0 Å². The number of nitrogens with one attached hydrogen (secondary N) is 2. The summed E-state index contributed by atoms with van der Waals surface area (Å²) in [6.45, 7) is 2.35. The van der Waals surface area contributed by atoms with E-state index < -0.39 is 5.54 Å². The lowest BCUT2D eigenvalue weighted by molar-refractivity contribution is -0.122. The molecular weight excluding hydrogens is 438 g/mol. The number of hydrogen-bond donors (Lipinski definition) is 2. The number of pyridine rings is 1. The Morgan fingerprint density at radius 2 is 1.97 bits per heavy atom. The molecule has 0 unspecified atom stereocenters. The fourth-order valence-corrected chi connectivity index (χ4v) is 4.50. The minimum Gasteiger partial charge on any atom is -0.356 e. The number of nitrogens with zero attached hydrogens (tertiary/aromatic N) is 5. The molecule has 0 spiro atoms. The highest BCUT2D eigenvalue weighted by molar-refractivity contribution is 5.76. The highest BCUT2D eigenvalue weighted by Crippen LogP contribution is 2.34. The van der Waals surface area contributed by atoms with Gasteiger partial charge in [-0.1, -0.05) is 36.9 Å². The zero-order valence-corrected chi connectivity index (χ0v) is 19.5. The molecule has 0 saturated heterocycles. The molecule has 1 aliphatic rings. The Morgan fingerprint density at radius 1 is 1.18 bits per heavy atom. The van der Waals surface area contributed by atoms with Crippen molar-refractivity contribution in [3.05, 3.63) is 46.6 Å².